The van der Waals surface area contributed by atoms with E-state index >= 15 is 0 Å². The van der Waals surface area contributed by atoms with Crippen LogP contribution in [-0.4, -0.2) is 19.6 Å². The fourth-order valence-electron chi connectivity index (χ4n) is 1.97. The summed E-state index contributed by atoms with van der Waals surface area (Å²) < 4.78 is 5.37. The molecule has 94 valence electrons. The van der Waals surface area contributed by atoms with E-state index in [1.54, 1.807) is 7.11 Å². The molecule has 2 rings (SSSR count). The molecule has 0 aliphatic carbocycles. The minimum absolute atomic E-state index is 0. The van der Waals surface area contributed by atoms with Gasteiger partial charge in [0.05, 0.1) is 13.2 Å². The molecule has 0 saturated heterocycles. The van der Waals surface area contributed by atoms with Gasteiger partial charge < -0.3 is 15.8 Å². The van der Waals surface area contributed by atoms with Gasteiger partial charge in [-0.3, -0.25) is 4.99 Å². The Labute approximate surface area is 108 Å². The normalized spacial score (nSPS) is 18.7. The van der Waals surface area contributed by atoms with Crippen molar-refractivity contribution in [2.45, 2.75) is 19.4 Å². The number of benzene rings is 1. The molecule has 0 radical (unpaired) electrons. The maximum atomic E-state index is 5.69. The van der Waals surface area contributed by atoms with E-state index in [0.717, 1.165) is 24.3 Å². The number of aliphatic imine (C=N–C) groups is 1. The summed E-state index contributed by atoms with van der Waals surface area (Å²) in [6, 6.07) is 6.37. The molecule has 1 atom stereocenters. The molecule has 1 aromatic rings. The molecule has 1 aromatic carbocycles. The molecule has 3 N–H and O–H groups in total. The lowest BCUT2D eigenvalue weighted by Crippen LogP contribution is -2.38. The van der Waals surface area contributed by atoms with Gasteiger partial charge in [0.15, 0.2) is 5.96 Å². The zero-order chi connectivity index (χ0) is 11.5. The van der Waals surface area contributed by atoms with E-state index in [1.165, 1.54) is 5.56 Å². The molecular formula is C12H18ClN3O. The first-order valence-electron chi connectivity index (χ1n) is 5.41. The van der Waals surface area contributed by atoms with Gasteiger partial charge in [-0.1, -0.05) is 17.7 Å². The second kappa shape index (κ2) is 5.77. The largest absolute Gasteiger partial charge is 0.496 e. The molecule has 1 aliphatic rings. The Morgan fingerprint density at radius 1 is 1.47 bits per heavy atom. The molecule has 0 aromatic heterocycles. The van der Waals surface area contributed by atoms with Gasteiger partial charge in [-0.05, 0) is 19.4 Å². The number of nitrogens with one attached hydrogen (secondary N) is 1. The van der Waals surface area contributed by atoms with Crippen molar-refractivity contribution in [1.29, 1.82) is 0 Å². The Hall–Kier alpha value is -1.42. The number of ether oxygens (including phenoxy) is 1. The van der Waals surface area contributed by atoms with Crippen molar-refractivity contribution in [3.63, 3.8) is 0 Å². The molecule has 0 spiro atoms. The smallest absolute Gasteiger partial charge is 0.189 e. The minimum atomic E-state index is 0. The van der Waals surface area contributed by atoms with Crippen LogP contribution in [0.25, 0.3) is 0 Å². The molecule has 0 fully saturated rings. The van der Waals surface area contributed by atoms with E-state index in [-0.39, 0.29) is 18.4 Å². The summed E-state index contributed by atoms with van der Waals surface area (Å²) in [7, 11) is 1.69. The fraction of sp³-hybridized carbons (Fsp3) is 0.417. The third-order valence-corrected chi connectivity index (χ3v) is 2.78. The molecule has 1 heterocycles. The summed E-state index contributed by atoms with van der Waals surface area (Å²) in [5.74, 6) is 1.41. The average Bonchev–Trinajstić information content (AvgIpc) is 2.29. The fourth-order valence-corrected chi connectivity index (χ4v) is 1.97. The Bertz CT molecular complexity index is 420. The van der Waals surface area contributed by atoms with Crippen LogP contribution >= 0.6 is 12.4 Å². The first-order valence-corrected chi connectivity index (χ1v) is 5.41. The zero-order valence-corrected chi connectivity index (χ0v) is 10.9. The number of halogens is 1. The predicted octanol–water partition coefficient (Wildman–Crippen LogP) is 1.77. The third kappa shape index (κ3) is 3.03. The van der Waals surface area contributed by atoms with Crippen LogP contribution in [0.4, 0.5) is 0 Å². The van der Waals surface area contributed by atoms with Crippen LogP contribution < -0.4 is 15.8 Å². The summed E-state index contributed by atoms with van der Waals surface area (Å²) in [4.78, 5) is 4.13. The summed E-state index contributed by atoms with van der Waals surface area (Å²) in [6.07, 6.45) is 0.945. The maximum absolute atomic E-state index is 5.69. The number of hydrogen-bond donors (Lipinski definition) is 2. The van der Waals surface area contributed by atoms with Crippen LogP contribution in [0.3, 0.4) is 0 Å². The number of hydrogen-bond acceptors (Lipinski definition) is 4. The van der Waals surface area contributed by atoms with Crippen molar-refractivity contribution in [2.24, 2.45) is 10.7 Å². The number of rotatable bonds is 2. The summed E-state index contributed by atoms with van der Waals surface area (Å²) in [5, 5.41) is 3.18. The zero-order valence-electron chi connectivity index (χ0n) is 10.1. The highest BCUT2D eigenvalue weighted by atomic mass is 35.5. The number of aryl methyl sites for hydroxylation is 1. The third-order valence-electron chi connectivity index (χ3n) is 2.78. The van der Waals surface area contributed by atoms with Crippen molar-refractivity contribution in [3.05, 3.63) is 29.3 Å². The van der Waals surface area contributed by atoms with E-state index < -0.39 is 0 Å². The van der Waals surface area contributed by atoms with Gasteiger partial charge in [-0.25, -0.2) is 0 Å². The second-order valence-corrected chi connectivity index (χ2v) is 4.00. The molecule has 4 nitrogen and oxygen atoms in total. The van der Waals surface area contributed by atoms with E-state index in [0.29, 0.717) is 5.96 Å². The van der Waals surface area contributed by atoms with Crippen molar-refractivity contribution in [3.8, 4) is 5.75 Å². The second-order valence-electron chi connectivity index (χ2n) is 4.00. The average molecular weight is 256 g/mol. The monoisotopic (exact) mass is 255 g/mol. The Kier molecular flexibility index (Phi) is 4.63. The quantitative estimate of drug-likeness (QED) is 0.847. The molecule has 1 unspecified atom stereocenters. The highest BCUT2D eigenvalue weighted by molar-refractivity contribution is 5.85. The Morgan fingerprint density at radius 2 is 2.24 bits per heavy atom. The summed E-state index contributed by atoms with van der Waals surface area (Å²) in [6.45, 7) is 2.84. The van der Waals surface area contributed by atoms with Crippen LogP contribution in [0.1, 0.15) is 23.6 Å². The highest BCUT2D eigenvalue weighted by Crippen LogP contribution is 2.29. The number of methoxy groups -OCH3 is 1. The first kappa shape index (κ1) is 13.6. The SMILES string of the molecule is COc1ccc(C)cc1C1CCN=C(N)N1.Cl. The Morgan fingerprint density at radius 3 is 2.88 bits per heavy atom. The van der Waals surface area contributed by atoms with Crippen LogP contribution in [-0.2, 0) is 0 Å². The molecule has 17 heavy (non-hydrogen) atoms. The molecule has 0 bridgehead atoms. The van der Waals surface area contributed by atoms with Crippen molar-refractivity contribution in [1.82, 2.24) is 5.32 Å². The van der Waals surface area contributed by atoms with Gasteiger partial charge in [-0.15, -0.1) is 12.4 Å². The molecule has 1 aliphatic heterocycles. The highest BCUT2D eigenvalue weighted by Gasteiger charge is 2.19. The lowest BCUT2D eigenvalue weighted by Gasteiger charge is -2.24. The van der Waals surface area contributed by atoms with Gasteiger partial charge in [0.1, 0.15) is 5.75 Å². The standard InChI is InChI=1S/C12H17N3O.ClH/c1-8-3-4-11(16-2)9(7-8)10-5-6-14-12(13)15-10;/h3-4,7,10H,5-6H2,1-2H3,(H3,13,14,15);1H. The lowest BCUT2D eigenvalue weighted by molar-refractivity contribution is 0.400. The number of nitrogens with zero attached hydrogens (tertiary/aromatic N) is 1. The number of nitrogens with two attached hydrogens (primary N) is 1. The first-order chi connectivity index (χ1) is 7.70. The van der Waals surface area contributed by atoms with E-state index in [2.05, 4.69) is 23.3 Å². The summed E-state index contributed by atoms with van der Waals surface area (Å²) in [5.41, 5.74) is 8.06. The van der Waals surface area contributed by atoms with E-state index in [1.807, 2.05) is 12.1 Å². The predicted molar refractivity (Wildman–Crippen MR) is 72.0 cm³/mol. The topological polar surface area (TPSA) is 59.6 Å². The van der Waals surface area contributed by atoms with Gasteiger partial charge in [0, 0.05) is 12.1 Å². The van der Waals surface area contributed by atoms with Crippen molar-refractivity contribution >= 4 is 18.4 Å². The van der Waals surface area contributed by atoms with Crippen molar-refractivity contribution < 1.29 is 4.74 Å². The number of guanidine groups is 1. The van der Waals surface area contributed by atoms with Gasteiger partial charge >= 0.3 is 0 Å². The Balaban J connectivity index is 0.00000144. The molecule has 5 heteroatoms. The van der Waals surface area contributed by atoms with Crippen LogP contribution in [0.15, 0.2) is 23.2 Å². The summed E-state index contributed by atoms with van der Waals surface area (Å²) >= 11 is 0. The van der Waals surface area contributed by atoms with Crippen LogP contribution in [0.2, 0.25) is 0 Å². The van der Waals surface area contributed by atoms with E-state index in [9.17, 15) is 0 Å². The van der Waals surface area contributed by atoms with Crippen LogP contribution in [0, 0.1) is 6.92 Å². The molecular weight excluding hydrogens is 238 g/mol. The van der Waals surface area contributed by atoms with Gasteiger partial charge in [-0.2, -0.15) is 0 Å². The van der Waals surface area contributed by atoms with E-state index in [4.69, 9.17) is 10.5 Å². The molecule has 0 amide bonds. The molecule has 0 saturated carbocycles. The maximum Gasteiger partial charge on any atom is 0.189 e. The van der Waals surface area contributed by atoms with Gasteiger partial charge in [0.2, 0.25) is 0 Å². The van der Waals surface area contributed by atoms with Crippen LogP contribution in [0.5, 0.6) is 5.75 Å². The van der Waals surface area contributed by atoms with Gasteiger partial charge in [0.25, 0.3) is 0 Å². The minimum Gasteiger partial charge on any atom is -0.496 e. The van der Waals surface area contributed by atoms with Crippen molar-refractivity contribution in [2.75, 3.05) is 13.7 Å². The lowest BCUT2D eigenvalue weighted by atomic mass is 10.00.